The third kappa shape index (κ3) is 1.93. The van der Waals surface area contributed by atoms with E-state index in [9.17, 15) is 0 Å². The Morgan fingerprint density at radius 1 is 0.889 bits per heavy atom. The van der Waals surface area contributed by atoms with Gasteiger partial charge in [0.1, 0.15) is 0 Å². The normalized spacial score (nSPS) is 33.7. The van der Waals surface area contributed by atoms with Crippen molar-refractivity contribution in [3.05, 3.63) is 0 Å². The van der Waals surface area contributed by atoms with Crippen LogP contribution >= 0.6 is 0 Å². The molecule has 2 saturated heterocycles. The molecule has 0 radical (unpaired) electrons. The van der Waals surface area contributed by atoms with E-state index in [4.69, 9.17) is 14.0 Å². The van der Waals surface area contributed by atoms with Crippen molar-refractivity contribution in [3.63, 3.8) is 0 Å². The van der Waals surface area contributed by atoms with E-state index in [1.54, 1.807) is 0 Å². The average Bonchev–Trinajstić information content (AvgIpc) is 2.45. The Morgan fingerprint density at radius 2 is 1.39 bits per heavy atom. The zero-order valence-electron chi connectivity index (χ0n) is 12.1. The third-order valence-corrected chi connectivity index (χ3v) is 5.60. The van der Waals surface area contributed by atoms with Crippen LogP contribution in [0, 0.1) is 5.41 Å². The molecule has 1 aliphatic carbocycles. The Bertz CT molecular complexity index is 310. The predicted molar refractivity (Wildman–Crippen MR) is 71.6 cm³/mol. The van der Waals surface area contributed by atoms with Crippen molar-refractivity contribution >= 4 is 7.12 Å². The van der Waals surface area contributed by atoms with Crippen LogP contribution in [0.5, 0.6) is 0 Å². The molecule has 3 aliphatic rings. The molecule has 4 heteroatoms. The largest absolute Gasteiger partial charge is 0.461 e. The lowest BCUT2D eigenvalue weighted by Gasteiger charge is -2.50. The van der Waals surface area contributed by atoms with Crippen LogP contribution in [0.15, 0.2) is 0 Å². The highest BCUT2D eigenvalue weighted by Crippen LogP contribution is 2.58. The third-order valence-electron chi connectivity index (χ3n) is 5.60. The van der Waals surface area contributed by atoms with Gasteiger partial charge >= 0.3 is 7.12 Å². The fourth-order valence-electron chi connectivity index (χ4n) is 3.54. The maximum atomic E-state index is 6.15. The van der Waals surface area contributed by atoms with E-state index >= 15 is 0 Å². The van der Waals surface area contributed by atoms with Crippen LogP contribution < -0.4 is 0 Å². The van der Waals surface area contributed by atoms with E-state index in [0.717, 1.165) is 13.2 Å². The van der Waals surface area contributed by atoms with Gasteiger partial charge in [-0.25, -0.2) is 0 Å². The highest BCUT2D eigenvalue weighted by Gasteiger charge is 2.59. The summed E-state index contributed by atoms with van der Waals surface area (Å²) in [6.07, 6.45) is 4.96. The van der Waals surface area contributed by atoms with Gasteiger partial charge in [0, 0.05) is 13.2 Å². The minimum atomic E-state index is -0.184. The summed E-state index contributed by atoms with van der Waals surface area (Å²) in [6.45, 7) is 10.4. The molecule has 1 spiro atoms. The summed E-state index contributed by atoms with van der Waals surface area (Å²) in [5, 5.41) is 0. The maximum Gasteiger partial charge on any atom is 0.461 e. The van der Waals surface area contributed by atoms with Gasteiger partial charge in [-0.2, -0.15) is 0 Å². The molecular formula is C14H25BO3. The van der Waals surface area contributed by atoms with E-state index in [-0.39, 0.29) is 18.3 Å². The van der Waals surface area contributed by atoms with Crippen LogP contribution in [0.25, 0.3) is 0 Å². The molecule has 0 amide bonds. The summed E-state index contributed by atoms with van der Waals surface area (Å²) in [5.41, 5.74) is 0.179. The molecule has 0 aromatic rings. The van der Waals surface area contributed by atoms with Crippen molar-refractivity contribution in [1.82, 2.24) is 0 Å². The molecule has 18 heavy (non-hydrogen) atoms. The first kappa shape index (κ1) is 13.0. The van der Waals surface area contributed by atoms with Crippen molar-refractivity contribution in [2.24, 2.45) is 5.41 Å². The summed E-state index contributed by atoms with van der Waals surface area (Å²) >= 11 is 0. The van der Waals surface area contributed by atoms with Crippen molar-refractivity contribution in [3.8, 4) is 0 Å². The quantitative estimate of drug-likeness (QED) is 0.671. The Hall–Kier alpha value is -0.0551. The van der Waals surface area contributed by atoms with Crippen molar-refractivity contribution in [2.75, 3.05) is 13.2 Å². The van der Waals surface area contributed by atoms with E-state index in [2.05, 4.69) is 27.7 Å². The molecule has 3 rings (SSSR count). The summed E-state index contributed by atoms with van der Waals surface area (Å²) in [5.74, 6) is 0.587. The van der Waals surface area contributed by atoms with Gasteiger partial charge in [-0.1, -0.05) is 0 Å². The topological polar surface area (TPSA) is 27.7 Å². The first-order valence-corrected chi connectivity index (χ1v) is 7.27. The number of hydrogen-bond acceptors (Lipinski definition) is 3. The molecule has 3 nitrogen and oxygen atoms in total. The van der Waals surface area contributed by atoms with Crippen LogP contribution in [0.4, 0.5) is 0 Å². The molecule has 1 saturated carbocycles. The second kappa shape index (κ2) is 3.97. The first-order chi connectivity index (χ1) is 8.34. The highest BCUT2D eigenvalue weighted by atomic mass is 16.7. The number of ether oxygens (including phenoxy) is 1. The molecule has 0 unspecified atom stereocenters. The zero-order chi connectivity index (χ0) is 13.0. The van der Waals surface area contributed by atoms with Gasteiger partial charge in [-0.05, 0) is 64.6 Å². The predicted octanol–water partition coefficient (Wildman–Crippen LogP) is 3.04. The van der Waals surface area contributed by atoms with Gasteiger partial charge in [-0.3, -0.25) is 0 Å². The minimum Gasteiger partial charge on any atom is -0.403 e. The maximum absolute atomic E-state index is 6.15. The second-order valence-electron chi connectivity index (χ2n) is 7.41. The van der Waals surface area contributed by atoms with E-state index < -0.39 is 0 Å². The second-order valence-corrected chi connectivity index (χ2v) is 7.41. The standard InChI is InChI=1S/C14H25BO3/c1-12(2)13(3,4)18-15(17-12)11-9-14(10-11)5-7-16-8-6-14/h11H,5-10H2,1-4H3. The molecule has 0 aromatic heterocycles. The molecule has 0 aromatic carbocycles. The SMILES string of the molecule is CC1(C)OB(C2CC3(CCOCC3)C2)OC1(C)C. The Morgan fingerprint density at radius 3 is 1.89 bits per heavy atom. The van der Waals surface area contributed by atoms with Gasteiger partial charge in [0.25, 0.3) is 0 Å². The van der Waals surface area contributed by atoms with Crippen molar-refractivity contribution < 1.29 is 14.0 Å². The molecule has 2 heterocycles. The highest BCUT2D eigenvalue weighted by molar-refractivity contribution is 6.47. The van der Waals surface area contributed by atoms with E-state index in [0.29, 0.717) is 11.2 Å². The van der Waals surface area contributed by atoms with Crippen molar-refractivity contribution in [2.45, 2.75) is 70.4 Å². The summed E-state index contributed by atoms with van der Waals surface area (Å²) in [7, 11) is 0.00321. The van der Waals surface area contributed by atoms with Crippen LogP contribution in [0.2, 0.25) is 5.82 Å². The Labute approximate surface area is 111 Å². The van der Waals surface area contributed by atoms with Gasteiger partial charge < -0.3 is 14.0 Å². The Kier molecular flexibility index (Phi) is 2.86. The van der Waals surface area contributed by atoms with Gasteiger partial charge in [0.05, 0.1) is 11.2 Å². The number of rotatable bonds is 1. The van der Waals surface area contributed by atoms with E-state index in [1.807, 2.05) is 0 Å². The molecule has 3 fully saturated rings. The lowest BCUT2D eigenvalue weighted by Crippen LogP contribution is -2.45. The molecule has 0 N–H and O–H groups in total. The summed E-state index contributed by atoms with van der Waals surface area (Å²) in [4.78, 5) is 0. The monoisotopic (exact) mass is 252 g/mol. The summed E-state index contributed by atoms with van der Waals surface area (Å²) in [6, 6.07) is 0. The van der Waals surface area contributed by atoms with Crippen molar-refractivity contribution in [1.29, 1.82) is 0 Å². The van der Waals surface area contributed by atoms with Crippen LogP contribution in [-0.4, -0.2) is 31.5 Å². The van der Waals surface area contributed by atoms with E-state index in [1.165, 1.54) is 25.7 Å². The lowest BCUT2D eigenvalue weighted by molar-refractivity contribution is -0.0336. The smallest absolute Gasteiger partial charge is 0.403 e. The molecule has 102 valence electrons. The summed E-state index contributed by atoms with van der Waals surface area (Å²) < 4.78 is 17.8. The molecule has 0 atom stereocenters. The van der Waals surface area contributed by atoms with Gasteiger partial charge in [0.15, 0.2) is 0 Å². The van der Waals surface area contributed by atoms with Crippen LogP contribution in [0.1, 0.15) is 53.4 Å². The van der Waals surface area contributed by atoms with Gasteiger partial charge in [-0.15, -0.1) is 0 Å². The zero-order valence-corrected chi connectivity index (χ0v) is 12.1. The van der Waals surface area contributed by atoms with Gasteiger partial charge in [0.2, 0.25) is 0 Å². The molecule has 0 bridgehead atoms. The average molecular weight is 252 g/mol. The lowest BCUT2D eigenvalue weighted by atomic mass is 9.47. The molecular weight excluding hydrogens is 227 g/mol. The number of hydrogen-bond donors (Lipinski definition) is 0. The minimum absolute atomic E-state index is 0.00321. The molecule has 2 aliphatic heterocycles. The Balaban J connectivity index is 1.60. The van der Waals surface area contributed by atoms with Crippen LogP contribution in [-0.2, 0) is 14.0 Å². The fourth-order valence-corrected chi connectivity index (χ4v) is 3.54. The first-order valence-electron chi connectivity index (χ1n) is 7.27. The van der Waals surface area contributed by atoms with Crippen LogP contribution in [0.3, 0.4) is 0 Å². The fraction of sp³-hybridized carbons (Fsp3) is 1.00.